The summed E-state index contributed by atoms with van der Waals surface area (Å²) in [5, 5.41) is 3.82. The number of nitrogens with zero attached hydrogens (tertiary/aromatic N) is 1. The lowest BCUT2D eigenvalue weighted by Crippen LogP contribution is -2.41. The topological polar surface area (TPSA) is 69.4 Å². The standard InChI is InChI=1S/C20H28BN3O2S/c1-13-17(24-18(22)27-13)15-9-7-14(8-10-15)11-16(12-23-6)21-25-19(2,3)20(4,5)26-21/h7-11,23H,12H2,1-6H3,(H2,22,24). The predicted molar refractivity (Wildman–Crippen MR) is 115 cm³/mol. The van der Waals surface area contributed by atoms with Gasteiger partial charge in [-0.05, 0) is 52.7 Å². The number of hydrogen-bond donors (Lipinski definition) is 2. The minimum Gasteiger partial charge on any atom is -0.400 e. The molecule has 0 bridgehead atoms. The van der Waals surface area contributed by atoms with Crippen LogP contribution in [0.15, 0.2) is 29.7 Å². The van der Waals surface area contributed by atoms with Crippen molar-refractivity contribution < 1.29 is 9.31 Å². The molecule has 3 N–H and O–H groups in total. The highest BCUT2D eigenvalue weighted by atomic mass is 32.1. The van der Waals surface area contributed by atoms with Gasteiger partial charge in [0.25, 0.3) is 0 Å². The van der Waals surface area contributed by atoms with Crippen molar-refractivity contribution in [1.82, 2.24) is 10.3 Å². The van der Waals surface area contributed by atoms with Gasteiger partial charge in [-0.25, -0.2) is 4.98 Å². The molecule has 7 heteroatoms. The van der Waals surface area contributed by atoms with Crippen molar-refractivity contribution in [2.75, 3.05) is 19.3 Å². The second-order valence-electron chi connectivity index (χ2n) is 7.92. The molecule has 0 spiro atoms. The highest BCUT2D eigenvalue weighted by Gasteiger charge is 2.52. The Morgan fingerprint density at radius 3 is 2.26 bits per heavy atom. The van der Waals surface area contributed by atoms with E-state index >= 15 is 0 Å². The van der Waals surface area contributed by atoms with E-state index in [2.05, 4.69) is 68.3 Å². The van der Waals surface area contributed by atoms with Gasteiger partial charge in [0.05, 0.1) is 16.9 Å². The zero-order valence-corrected chi connectivity index (χ0v) is 17.7. The zero-order chi connectivity index (χ0) is 19.8. The molecule has 1 saturated heterocycles. The van der Waals surface area contributed by atoms with Crippen LogP contribution >= 0.6 is 11.3 Å². The zero-order valence-electron chi connectivity index (χ0n) is 16.9. The van der Waals surface area contributed by atoms with Gasteiger partial charge >= 0.3 is 7.12 Å². The van der Waals surface area contributed by atoms with Crippen LogP contribution in [0.1, 0.15) is 38.1 Å². The van der Waals surface area contributed by atoms with Crippen molar-refractivity contribution in [2.45, 2.75) is 45.8 Å². The number of anilines is 1. The van der Waals surface area contributed by atoms with E-state index in [4.69, 9.17) is 15.0 Å². The van der Waals surface area contributed by atoms with Gasteiger partial charge in [0.2, 0.25) is 0 Å². The molecule has 0 saturated carbocycles. The van der Waals surface area contributed by atoms with Crippen LogP contribution in [0, 0.1) is 6.92 Å². The van der Waals surface area contributed by atoms with Crippen molar-refractivity contribution in [3.8, 4) is 11.3 Å². The molecule has 144 valence electrons. The highest BCUT2D eigenvalue weighted by Crippen LogP contribution is 2.38. The Labute approximate surface area is 166 Å². The molecule has 0 unspecified atom stereocenters. The summed E-state index contributed by atoms with van der Waals surface area (Å²) < 4.78 is 12.4. The number of nitrogens with one attached hydrogen (secondary N) is 1. The second-order valence-corrected chi connectivity index (χ2v) is 9.15. The Morgan fingerprint density at radius 2 is 1.78 bits per heavy atom. The smallest absolute Gasteiger partial charge is 0.400 e. The molecule has 1 aliphatic rings. The number of nitrogen functional groups attached to an aromatic ring is 1. The third kappa shape index (κ3) is 4.11. The molecular formula is C20H28BN3O2S. The summed E-state index contributed by atoms with van der Waals surface area (Å²) >= 11 is 1.52. The fourth-order valence-corrected chi connectivity index (χ4v) is 3.75. The van der Waals surface area contributed by atoms with E-state index in [9.17, 15) is 0 Å². The molecule has 3 rings (SSSR count). The van der Waals surface area contributed by atoms with E-state index in [1.54, 1.807) is 0 Å². The van der Waals surface area contributed by atoms with E-state index in [0.29, 0.717) is 11.7 Å². The van der Waals surface area contributed by atoms with Gasteiger partial charge in [-0.3, -0.25) is 0 Å². The minimum atomic E-state index is -0.359. The number of benzene rings is 1. The quantitative estimate of drug-likeness (QED) is 0.764. The first-order valence-corrected chi connectivity index (χ1v) is 9.98. The number of likely N-dealkylation sites (N-methyl/N-ethyl adjacent to an activating group) is 1. The molecule has 0 amide bonds. The molecule has 1 aromatic carbocycles. The lowest BCUT2D eigenvalue weighted by atomic mass is 9.77. The molecule has 27 heavy (non-hydrogen) atoms. The maximum atomic E-state index is 6.21. The van der Waals surface area contributed by atoms with Crippen LogP contribution in [0.3, 0.4) is 0 Å². The van der Waals surface area contributed by atoms with E-state index in [-0.39, 0.29) is 18.3 Å². The summed E-state index contributed by atoms with van der Waals surface area (Å²) in [4.78, 5) is 5.55. The fourth-order valence-electron chi connectivity index (χ4n) is 3.04. The Bertz CT molecular complexity index is 827. The second kappa shape index (κ2) is 7.39. The number of thiazole rings is 1. The summed E-state index contributed by atoms with van der Waals surface area (Å²) in [7, 11) is 1.57. The maximum absolute atomic E-state index is 6.21. The number of nitrogens with two attached hydrogens (primary N) is 1. The first-order chi connectivity index (χ1) is 12.6. The predicted octanol–water partition coefficient (Wildman–Crippen LogP) is 3.93. The minimum absolute atomic E-state index is 0.351. The number of aryl methyl sites for hydroxylation is 1. The third-order valence-corrected chi connectivity index (χ3v) is 6.09. The molecule has 2 aromatic rings. The lowest BCUT2D eigenvalue weighted by Gasteiger charge is -2.32. The van der Waals surface area contributed by atoms with E-state index < -0.39 is 0 Å². The first kappa shape index (κ1) is 20.1. The molecule has 1 fully saturated rings. The van der Waals surface area contributed by atoms with Crippen molar-refractivity contribution in [1.29, 1.82) is 0 Å². The van der Waals surface area contributed by atoms with Crippen LogP contribution in [-0.2, 0) is 9.31 Å². The summed E-state index contributed by atoms with van der Waals surface area (Å²) in [5.41, 5.74) is 9.31. The van der Waals surface area contributed by atoms with Gasteiger partial charge in [0.1, 0.15) is 0 Å². The number of aromatic nitrogens is 1. The van der Waals surface area contributed by atoms with Crippen molar-refractivity contribution in [3.63, 3.8) is 0 Å². The average Bonchev–Trinajstić information content (AvgIpc) is 3.02. The van der Waals surface area contributed by atoms with Crippen molar-refractivity contribution >= 4 is 29.7 Å². The molecule has 0 atom stereocenters. The van der Waals surface area contributed by atoms with Crippen molar-refractivity contribution in [2.24, 2.45) is 0 Å². The maximum Gasteiger partial charge on any atom is 0.491 e. The van der Waals surface area contributed by atoms with E-state index in [1.807, 2.05) is 14.0 Å². The molecule has 0 aliphatic carbocycles. The summed E-state index contributed by atoms with van der Waals surface area (Å²) in [6.45, 7) is 11.0. The fraction of sp³-hybridized carbons (Fsp3) is 0.450. The normalized spacial score (nSPS) is 18.9. The van der Waals surface area contributed by atoms with Crippen LogP contribution in [0.25, 0.3) is 17.3 Å². The Kier molecular flexibility index (Phi) is 5.50. The third-order valence-electron chi connectivity index (χ3n) is 5.29. The van der Waals surface area contributed by atoms with Crippen LogP contribution in [0.2, 0.25) is 0 Å². The first-order valence-electron chi connectivity index (χ1n) is 9.17. The van der Waals surface area contributed by atoms with Crippen LogP contribution < -0.4 is 11.1 Å². The van der Waals surface area contributed by atoms with Gasteiger partial charge in [-0.15, -0.1) is 11.3 Å². The number of hydrogen-bond acceptors (Lipinski definition) is 6. The molecule has 2 heterocycles. The largest absolute Gasteiger partial charge is 0.491 e. The molecule has 1 aliphatic heterocycles. The van der Waals surface area contributed by atoms with Gasteiger partial charge < -0.3 is 20.4 Å². The average molecular weight is 385 g/mol. The monoisotopic (exact) mass is 385 g/mol. The molecule has 0 radical (unpaired) electrons. The van der Waals surface area contributed by atoms with Gasteiger partial charge in [0.15, 0.2) is 5.13 Å². The molecule has 5 nitrogen and oxygen atoms in total. The van der Waals surface area contributed by atoms with Gasteiger partial charge in [-0.1, -0.05) is 30.3 Å². The highest BCUT2D eigenvalue weighted by molar-refractivity contribution is 7.15. The van der Waals surface area contributed by atoms with Gasteiger partial charge in [-0.2, -0.15) is 0 Å². The molecular weight excluding hydrogens is 357 g/mol. The van der Waals surface area contributed by atoms with Crippen LogP contribution in [0.4, 0.5) is 5.13 Å². The summed E-state index contributed by atoms with van der Waals surface area (Å²) in [6, 6.07) is 8.33. The Hall–Kier alpha value is -1.67. The van der Waals surface area contributed by atoms with Gasteiger partial charge in [0, 0.05) is 17.0 Å². The summed E-state index contributed by atoms with van der Waals surface area (Å²) in [6.07, 6.45) is 2.13. The van der Waals surface area contributed by atoms with Crippen LogP contribution in [0.5, 0.6) is 0 Å². The van der Waals surface area contributed by atoms with Crippen molar-refractivity contribution in [3.05, 3.63) is 40.2 Å². The van der Waals surface area contributed by atoms with Crippen LogP contribution in [-0.4, -0.2) is 36.9 Å². The lowest BCUT2D eigenvalue weighted by molar-refractivity contribution is 0.00578. The Morgan fingerprint density at radius 1 is 1.19 bits per heavy atom. The van der Waals surface area contributed by atoms with E-state index in [0.717, 1.165) is 27.2 Å². The Balaban J connectivity index is 1.85. The SMILES string of the molecule is CNCC(=Cc1ccc(-c2nc(N)sc2C)cc1)B1OC(C)(C)C(C)(C)O1. The molecule has 1 aromatic heterocycles. The van der Waals surface area contributed by atoms with E-state index in [1.165, 1.54) is 11.3 Å². The summed E-state index contributed by atoms with van der Waals surface area (Å²) in [5.74, 6) is 0. The number of rotatable bonds is 5.